The topological polar surface area (TPSA) is 55.0 Å². The highest BCUT2D eigenvalue weighted by molar-refractivity contribution is 6.34. The van der Waals surface area contributed by atoms with Gasteiger partial charge in [0.15, 0.2) is 11.0 Å². The minimum absolute atomic E-state index is 0. The number of piperidine rings is 1. The second-order valence-corrected chi connectivity index (χ2v) is 5.04. The normalized spacial score (nSPS) is 16.4. The minimum Gasteiger partial charge on any atom is -0.354 e. The molecule has 1 aliphatic heterocycles. The lowest BCUT2D eigenvalue weighted by molar-refractivity contribution is 0.498. The Morgan fingerprint density at radius 2 is 1.74 bits per heavy atom. The van der Waals surface area contributed by atoms with Gasteiger partial charge in [0.1, 0.15) is 0 Å². The third kappa shape index (κ3) is 2.76. The molecular weight excluding hydrogens is 283 g/mol. The number of anilines is 1. The summed E-state index contributed by atoms with van der Waals surface area (Å²) in [5.41, 5.74) is 5.93. The number of nitrogens with two attached hydrogens (primary N) is 1. The van der Waals surface area contributed by atoms with Gasteiger partial charge in [0, 0.05) is 29.9 Å². The van der Waals surface area contributed by atoms with E-state index in [0.717, 1.165) is 42.5 Å². The van der Waals surface area contributed by atoms with E-state index in [1.54, 1.807) is 0 Å². The van der Waals surface area contributed by atoms with Gasteiger partial charge in [0.2, 0.25) is 0 Å². The lowest BCUT2D eigenvalue weighted by Gasteiger charge is -2.31. The first-order chi connectivity index (χ1) is 8.75. The molecule has 0 atom stereocenters. The minimum atomic E-state index is 0. The van der Waals surface area contributed by atoms with Crippen LogP contribution < -0.4 is 10.6 Å². The van der Waals surface area contributed by atoms with Crippen LogP contribution in [-0.2, 0) is 0 Å². The van der Waals surface area contributed by atoms with Crippen molar-refractivity contribution in [1.29, 1.82) is 0 Å². The number of benzene rings is 1. The van der Waals surface area contributed by atoms with E-state index in [0.29, 0.717) is 11.2 Å². The first kappa shape index (κ1) is 14.3. The second-order valence-electron chi connectivity index (χ2n) is 4.68. The molecule has 1 fully saturated rings. The van der Waals surface area contributed by atoms with Crippen molar-refractivity contribution < 1.29 is 0 Å². The van der Waals surface area contributed by atoms with Crippen LogP contribution in [0, 0.1) is 0 Å². The summed E-state index contributed by atoms with van der Waals surface area (Å²) < 4.78 is 0. The molecular formula is C13H16Cl2N4. The molecule has 102 valence electrons. The Morgan fingerprint density at radius 1 is 1.11 bits per heavy atom. The molecule has 1 aromatic heterocycles. The summed E-state index contributed by atoms with van der Waals surface area (Å²) in [7, 11) is 0. The Morgan fingerprint density at radius 3 is 2.42 bits per heavy atom. The van der Waals surface area contributed by atoms with Crippen molar-refractivity contribution >= 4 is 40.6 Å². The van der Waals surface area contributed by atoms with Gasteiger partial charge < -0.3 is 10.6 Å². The maximum Gasteiger partial charge on any atom is 0.159 e. The first-order valence-corrected chi connectivity index (χ1v) is 6.55. The molecule has 1 aromatic carbocycles. The molecule has 0 unspecified atom stereocenters. The third-order valence-corrected chi connectivity index (χ3v) is 3.74. The Balaban J connectivity index is 0.00000133. The van der Waals surface area contributed by atoms with E-state index in [1.165, 1.54) is 0 Å². The summed E-state index contributed by atoms with van der Waals surface area (Å²) in [5.74, 6) is 0.918. The Kier molecular flexibility index (Phi) is 4.45. The van der Waals surface area contributed by atoms with E-state index < -0.39 is 0 Å². The molecule has 0 saturated carbocycles. The van der Waals surface area contributed by atoms with Gasteiger partial charge in [0.05, 0.1) is 0 Å². The van der Waals surface area contributed by atoms with Crippen LogP contribution in [0.1, 0.15) is 12.8 Å². The molecule has 0 aliphatic carbocycles. The number of nitrogens with zero attached hydrogens (tertiary/aromatic N) is 3. The van der Waals surface area contributed by atoms with Crippen molar-refractivity contribution in [3.8, 4) is 0 Å². The largest absolute Gasteiger partial charge is 0.354 e. The number of rotatable bonds is 1. The average Bonchev–Trinajstić information content (AvgIpc) is 2.41. The van der Waals surface area contributed by atoms with Gasteiger partial charge in [-0.25, -0.2) is 0 Å². The summed E-state index contributed by atoms with van der Waals surface area (Å²) >= 11 is 6.08. The third-order valence-electron chi connectivity index (χ3n) is 3.46. The molecule has 0 bridgehead atoms. The molecule has 19 heavy (non-hydrogen) atoms. The van der Waals surface area contributed by atoms with Crippen molar-refractivity contribution in [2.75, 3.05) is 18.0 Å². The summed E-state index contributed by atoms with van der Waals surface area (Å²) in [6.45, 7) is 1.86. The molecule has 6 heteroatoms. The van der Waals surface area contributed by atoms with Gasteiger partial charge in [-0.1, -0.05) is 35.9 Å². The molecule has 0 amide bonds. The lowest BCUT2D eigenvalue weighted by Crippen LogP contribution is -2.40. The Labute approximate surface area is 123 Å². The molecule has 0 spiro atoms. The Hall–Kier alpha value is -1.10. The van der Waals surface area contributed by atoms with E-state index >= 15 is 0 Å². The van der Waals surface area contributed by atoms with E-state index in [4.69, 9.17) is 17.3 Å². The number of hydrogen-bond donors (Lipinski definition) is 1. The molecule has 0 radical (unpaired) electrons. The van der Waals surface area contributed by atoms with Gasteiger partial charge in [-0.3, -0.25) is 0 Å². The van der Waals surface area contributed by atoms with Crippen LogP contribution >= 0.6 is 24.0 Å². The lowest BCUT2D eigenvalue weighted by atomic mass is 10.1. The summed E-state index contributed by atoms with van der Waals surface area (Å²) in [5, 5.41) is 10.8. The van der Waals surface area contributed by atoms with E-state index in [2.05, 4.69) is 15.1 Å². The standard InChI is InChI=1S/C13H15ClN4.ClH/c14-12-10-3-1-2-4-11(10)13(17-16-12)18-7-5-9(15)6-8-18;/h1-4,9H,5-8,15H2;1H. The van der Waals surface area contributed by atoms with Crippen molar-refractivity contribution in [1.82, 2.24) is 10.2 Å². The Bertz CT molecular complexity index is 568. The predicted octanol–water partition coefficient (Wildman–Crippen LogP) is 2.63. The zero-order valence-electron chi connectivity index (χ0n) is 10.4. The van der Waals surface area contributed by atoms with Gasteiger partial charge in [-0.2, -0.15) is 0 Å². The SMILES string of the molecule is Cl.NC1CCN(c2nnc(Cl)c3ccccc23)CC1. The van der Waals surface area contributed by atoms with Gasteiger partial charge in [-0.05, 0) is 12.8 Å². The number of aromatic nitrogens is 2. The second kappa shape index (κ2) is 5.90. The molecule has 2 heterocycles. The molecule has 2 aromatic rings. The van der Waals surface area contributed by atoms with Crippen LogP contribution in [0.3, 0.4) is 0 Å². The number of fused-ring (bicyclic) bond motifs is 1. The van der Waals surface area contributed by atoms with Crippen molar-refractivity contribution in [3.63, 3.8) is 0 Å². The van der Waals surface area contributed by atoms with Crippen LogP contribution in [0.15, 0.2) is 24.3 Å². The van der Waals surface area contributed by atoms with Crippen molar-refractivity contribution in [3.05, 3.63) is 29.4 Å². The molecule has 1 saturated heterocycles. The van der Waals surface area contributed by atoms with Gasteiger partial charge in [0.25, 0.3) is 0 Å². The van der Waals surface area contributed by atoms with Crippen LogP contribution in [0.5, 0.6) is 0 Å². The summed E-state index contributed by atoms with van der Waals surface area (Å²) in [6.07, 6.45) is 2.00. The van der Waals surface area contributed by atoms with Gasteiger partial charge >= 0.3 is 0 Å². The monoisotopic (exact) mass is 298 g/mol. The summed E-state index contributed by atoms with van der Waals surface area (Å²) in [6, 6.07) is 8.30. The van der Waals surface area contributed by atoms with E-state index in [1.807, 2.05) is 24.3 Å². The number of halogens is 2. The average molecular weight is 299 g/mol. The highest BCUT2D eigenvalue weighted by Gasteiger charge is 2.20. The fraction of sp³-hybridized carbons (Fsp3) is 0.385. The highest BCUT2D eigenvalue weighted by Crippen LogP contribution is 2.29. The quantitative estimate of drug-likeness (QED) is 0.879. The molecule has 4 nitrogen and oxygen atoms in total. The number of hydrogen-bond acceptors (Lipinski definition) is 4. The van der Waals surface area contributed by atoms with E-state index in [9.17, 15) is 0 Å². The fourth-order valence-electron chi connectivity index (χ4n) is 2.40. The van der Waals surface area contributed by atoms with Gasteiger partial charge in [-0.15, -0.1) is 22.6 Å². The fourth-order valence-corrected chi connectivity index (χ4v) is 2.60. The van der Waals surface area contributed by atoms with Crippen LogP contribution in [0.25, 0.3) is 10.8 Å². The van der Waals surface area contributed by atoms with Crippen LogP contribution in [0.2, 0.25) is 5.15 Å². The maximum atomic E-state index is 6.08. The highest BCUT2D eigenvalue weighted by atomic mass is 35.5. The molecule has 1 aliphatic rings. The van der Waals surface area contributed by atoms with E-state index in [-0.39, 0.29) is 12.4 Å². The predicted molar refractivity (Wildman–Crippen MR) is 81.2 cm³/mol. The smallest absolute Gasteiger partial charge is 0.159 e. The maximum absolute atomic E-state index is 6.08. The molecule has 3 rings (SSSR count). The zero-order chi connectivity index (χ0) is 12.5. The summed E-state index contributed by atoms with van der Waals surface area (Å²) in [4.78, 5) is 2.25. The first-order valence-electron chi connectivity index (χ1n) is 6.17. The van der Waals surface area contributed by atoms with Crippen LogP contribution in [-0.4, -0.2) is 29.3 Å². The van der Waals surface area contributed by atoms with Crippen molar-refractivity contribution in [2.24, 2.45) is 5.73 Å². The van der Waals surface area contributed by atoms with Crippen LogP contribution in [0.4, 0.5) is 5.82 Å². The zero-order valence-corrected chi connectivity index (χ0v) is 12.0. The molecule has 2 N–H and O–H groups in total. The van der Waals surface area contributed by atoms with Crippen molar-refractivity contribution in [2.45, 2.75) is 18.9 Å².